The van der Waals surface area contributed by atoms with E-state index < -0.39 is 0 Å². The molecule has 0 bridgehead atoms. The van der Waals surface area contributed by atoms with Crippen molar-refractivity contribution in [3.8, 4) is 0 Å². The molecule has 3 heteroatoms. The van der Waals surface area contributed by atoms with E-state index in [0.29, 0.717) is 6.42 Å². The van der Waals surface area contributed by atoms with E-state index >= 15 is 0 Å². The predicted octanol–water partition coefficient (Wildman–Crippen LogP) is 4.53. The summed E-state index contributed by atoms with van der Waals surface area (Å²) in [4.78, 5) is 13.3. The maximum Gasteiger partial charge on any atom is 0.221 e. The highest BCUT2D eigenvalue weighted by molar-refractivity contribution is 7.99. The lowest BCUT2D eigenvalue weighted by Gasteiger charge is -2.15. The Bertz CT molecular complexity index is 669. The highest BCUT2D eigenvalue weighted by Crippen LogP contribution is 2.25. The maximum absolute atomic E-state index is 12.1. The topological polar surface area (TPSA) is 29.1 Å². The van der Waals surface area contributed by atoms with Crippen LogP contribution >= 0.6 is 11.8 Å². The molecule has 23 heavy (non-hydrogen) atoms. The van der Waals surface area contributed by atoms with Gasteiger partial charge in [-0.2, -0.15) is 0 Å². The van der Waals surface area contributed by atoms with Crippen molar-refractivity contribution in [3.05, 3.63) is 65.2 Å². The molecular formula is C20H23NOS. The van der Waals surface area contributed by atoms with Crippen molar-refractivity contribution in [2.75, 3.05) is 5.75 Å². The summed E-state index contributed by atoms with van der Waals surface area (Å²) in [6.45, 7) is 2.07. The number of thioether (sulfide) groups is 1. The first-order valence-electron chi connectivity index (χ1n) is 8.31. The van der Waals surface area contributed by atoms with Crippen LogP contribution in [-0.2, 0) is 17.6 Å². The van der Waals surface area contributed by atoms with Gasteiger partial charge in [-0.05, 0) is 55.0 Å². The normalized spacial score (nSPS) is 14.3. The standard InChI is InChI=1S/C20H23NOS/c1-15(17-11-10-16-6-5-7-18(16)14-17)21-20(22)12-13-23-19-8-3-2-4-9-19/h2-4,8-11,14-15H,5-7,12-13H2,1H3,(H,21,22)/t15-/m0/s1. The van der Waals surface area contributed by atoms with Crippen LogP contribution in [0.2, 0.25) is 0 Å². The molecular weight excluding hydrogens is 302 g/mol. The molecule has 2 aromatic carbocycles. The van der Waals surface area contributed by atoms with Crippen molar-refractivity contribution in [1.29, 1.82) is 0 Å². The molecule has 0 heterocycles. The second kappa shape index (κ2) is 7.69. The fraction of sp³-hybridized carbons (Fsp3) is 0.350. The first-order valence-corrected chi connectivity index (χ1v) is 9.30. The zero-order valence-electron chi connectivity index (χ0n) is 13.5. The summed E-state index contributed by atoms with van der Waals surface area (Å²) >= 11 is 1.73. The Hall–Kier alpha value is -1.74. The number of rotatable bonds is 6. The molecule has 3 rings (SSSR count). The van der Waals surface area contributed by atoms with Crippen LogP contribution in [0.15, 0.2) is 53.4 Å². The van der Waals surface area contributed by atoms with Gasteiger partial charge in [0.05, 0.1) is 6.04 Å². The van der Waals surface area contributed by atoms with Crippen molar-refractivity contribution in [3.63, 3.8) is 0 Å². The monoisotopic (exact) mass is 325 g/mol. The van der Waals surface area contributed by atoms with Crippen molar-refractivity contribution in [1.82, 2.24) is 5.32 Å². The van der Waals surface area contributed by atoms with Crippen LogP contribution in [0.3, 0.4) is 0 Å². The molecule has 2 aromatic rings. The Balaban J connectivity index is 1.47. The Labute approximate surface area is 142 Å². The quantitative estimate of drug-likeness (QED) is 0.790. The zero-order chi connectivity index (χ0) is 16.1. The summed E-state index contributed by atoms with van der Waals surface area (Å²) in [7, 11) is 0. The van der Waals surface area contributed by atoms with Crippen molar-refractivity contribution >= 4 is 17.7 Å². The highest BCUT2D eigenvalue weighted by atomic mass is 32.2. The minimum absolute atomic E-state index is 0.0788. The number of carbonyl (C=O) groups is 1. The van der Waals surface area contributed by atoms with Gasteiger partial charge in [-0.3, -0.25) is 4.79 Å². The molecule has 1 aliphatic carbocycles. The van der Waals surface area contributed by atoms with Crippen LogP contribution in [-0.4, -0.2) is 11.7 Å². The number of hydrogen-bond acceptors (Lipinski definition) is 2. The van der Waals surface area contributed by atoms with Crippen molar-refractivity contribution in [2.24, 2.45) is 0 Å². The summed E-state index contributed by atoms with van der Waals surface area (Å²) in [5, 5.41) is 3.12. The Morgan fingerprint density at radius 3 is 2.74 bits per heavy atom. The average Bonchev–Trinajstić information content (AvgIpc) is 3.03. The molecule has 0 aromatic heterocycles. The van der Waals surface area contributed by atoms with Gasteiger partial charge in [0.2, 0.25) is 5.91 Å². The van der Waals surface area contributed by atoms with Gasteiger partial charge in [-0.25, -0.2) is 0 Å². The van der Waals surface area contributed by atoms with E-state index in [1.54, 1.807) is 11.8 Å². The van der Waals surface area contributed by atoms with E-state index in [4.69, 9.17) is 0 Å². The number of hydrogen-bond donors (Lipinski definition) is 1. The first-order chi connectivity index (χ1) is 11.2. The fourth-order valence-corrected chi connectivity index (χ4v) is 3.91. The van der Waals surface area contributed by atoms with E-state index in [2.05, 4.69) is 42.6 Å². The van der Waals surface area contributed by atoms with Crippen molar-refractivity contribution in [2.45, 2.75) is 43.5 Å². The third-order valence-corrected chi connectivity index (χ3v) is 5.35. The second-order valence-electron chi connectivity index (χ2n) is 6.08. The number of amides is 1. The number of aryl methyl sites for hydroxylation is 2. The lowest BCUT2D eigenvalue weighted by Crippen LogP contribution is -2.26. The highest BCUT2D eigenvalue weighted by Gasteiger charge is 2.14. The second-order valence-corrected chi connectivity index (χ2v) is 7.25. The predicted molar refractivity (Wildman–Crippen MR) is 96.8 cm³/mol. The summed E-state index contributed by atoms with van der Waals surface area (Å²) in [6, 6.07) is 17.0. The van der Waals surface area contributed by atoms with Gasteiger partial charge >= 0.3 is 0 Å². The molecule has 1 amide bonds. The summed E-state index contributed by atoms with van der Waals surface area (Å²) in [5.74, 6) is 0.939. The molecule has 0 unspecified atom stereocenters. The van der Waals surface area contributed by atoms with E-state index in [1.165, 1.54) is 40.8 Å². The SMILES string of the molecule is C[C@H](NC(=O)CCSc1ccccc1)c1ccc2c(c1)CCC2. The number of carbonyl (C=O) groups excluding carboxylic acids is 1. The summed E-state index contributed by atoms with van der Waals surface area (Å²) in [6.07, 6.45) is 4.19. The molecule has 0 aliphatic heterocycles. The van der Waals surface area contributed by atoms with Gasteiger partial charge < -0.3 is 5.32 Å². The van der Waals surface area contributed by atoms with Gasteiger partial charge in [0.15, 0.2) is 0 Å². The van der Waals surface area contributed by atoms with Crippen LogP contribution in [0.25, 0.3) is 0 Å². The minimum Gasteiger partial charge on any atom is -0.350 e. The van der Waals surface area contributed by atoms with Gasteiger partial charge in [0.1, 0.15) is 0 Å². The first kappa shape index (κ1) is 16.1. The molecule has 0 fully saturated rings. The summed E-state index contributed by atoms with van der Waals surface area (Å²) < 4.78 is 0. The van der Waals surface area contributed by atoms with Gasteiger partial charge in [-0.1, -0.05) is 36.4 Å². The zero-order valence-corrected chi connectivity index (χ0v) is 14.4. The van der Waals surface area contributed by atoms with Gasteiger partial charge in [0.25, 0.3) is 0 Å². The van der Waals surface area contributed by atoms with E-state index in [0.717, 1.165) is 5.75 Å². The molecule has 1 aliphatic rings. The lowest BCUT2D eigenvalue weighted by molar-refractivity contribution is -0.121. The molecule has 0 saturated carbocycles. The molecule has 0 spiro atoms. The van der Waals surface area contributed by atoms with Crippen LogP contribution < -0.4 is 5.32 Å². The smallest absolute Gasteiger partial charge is 0.221 e. The molecule has 0 saturated heterocycles. The van der Waals surface area contributed by atoms with Crippen molar-refractivity contribution < 1.29 is 4.79 Å². The molecule has 2 nitrogen and oxygen atoms in total. The van der Waals surface area contributed by atoms with Gasteiger partial charge in [-0.15, -0.1) is 11.8 Å². The third kappa shape index (κ3) is 4.38. The lowest BCUT2D eigenvalue weighted by atomic mass is 10.0. The maximum atomic E-state index is 12.1. The minimum atomic E-state index is 0.0788. The van der Waals surface area contributed by atoms with E-state index in [-0.39, 0.29) is 11.9 Å². The molecule has 1 atom stereocenters. The van der Waals surface area contributed by atoms with Crippen LogP contribution in [0.1, 0.15) is 42.5 Å². The van der Waals surface area contributed by atoms with Crippen LogP contribution in [0, 0.1) is 0 Å². The average molecular weight is 325 g/mol. The van der Waals surface area contributed by atoms with Crippen LogP contribution in [0.5, 0.6) is 0 Å². The summed E-state index contributed by atoms with van der Waals surface area (Å²) in [5.41, 5.74) is 4.16. The third-order valence-electron chi connectivity index (χ3n) is 4.34. The molecule has 120 valence electrons. The van der Waals surface area contributed by atoms with Gasteiger partial charge in [0, 0.05) is 17.1 Å². The Kier molecular flexibility index (Phi) is 5.39. The largest absolute Gasteiger partial charge is 0.350 e. The molecule has 1 N–H and O–H groups in total. The van der Waals surface area contributed by atoms with E-state index in [1.807, 2.05) is 18.2 Å². The van der Waals surface area contributed by atoms with Crippen LogP contribution in [0.4, 0.5) is 0 Å². The number of fused-ring (bicyclic) bond motifs is 1. The Morgan fingerprint density at radius 2 is 1.91 bits per heavy atom. The molecule has 0 radical (unpaired) electrons. The fourth-order valence-electron chi connectivity index (χ4n) is 3.04. The number of nitrogens with one attached hydrogen (secondary N) is 1. The van der Waals surface area contributed by atoms with E-state index in [9.17, 15) is 4.79 Å². The number of benzene rings is 2. The Morgan fingerprint density at radius 1 is 1.13 bits per heavy atom.